The van der Waals surface area contributed by atoms with Crippen LogP contribution in [0.15, 0.2) is 48.7 Å². The van der Waals surface area contributed by atoms with Crippen molar-refractivity contribution in [3.05, 3.63) is 59.1 Å². The Morgan fingerprint density at radius 3 is 2.58 bits per heavy atom. The first kappa shape index (κ1) is 15.6. The number of aromatic nitrogens is 2. The number of nitrogens with two attached hydrogens (primary N) is 1. The summed E-state index contributed by atoms with van der Waals surface area (Å²) in [4.78, 5) is 32.0. The maximum absolute atomic E-state index is 12.5. The van der Waals surface area contributed by atoms with E-state index in [1.54, 1.807) is 36.4 Å². The van der Waals surface area contributed by atoms with Crippen molar-refractivity contribution in [2.75, 3.05) is 11.1 Å². The second-order valence-corrected chi connectivity index (χ2v) is 5.76. The van der Waals surface area contributed by atoms with Gasteiger partial charge in [-0.1, -0.05) is 30.3 Å². The maximum Gasteiger partial charge on any atom is 0.409 e. The van der Waals surface area contributed by atoms with E-state index in [1.165, 1.54) is 6.20 Å². The summed E-state index contributed by atoms with van der Waals surface area (Å²) in [7, 11) is 0. The van der Waals surface area contributed by atoms with E-state index < -0.39 is 6.09 Å². The van der Waals surface area contributed by atoms with Crippen LogP contribution >= 0.6 is 11.3 Å². The van der Waals surface area contributed by atoms with Crippen LogP contribution in [-0.2, 0) is 0 Å². The Morgan fingerprint density at radius 1 is 1.12 bits per heavy atom. The third-order valence-electron chi connectivity index (χ3n) is 3.15. The number of nitrogens with one attached hydrogen (secondary N) is 1. The van der Waals surface area contributed by atoms with Crippen molar-refractivity contribution < 1.29 is 14.7 Å². The molecule has 0 bridgehead atoms. The second kappa shape index (κ2) is 6.47. The van der Waals surface area contributed by atoms with Crippen molar-refractivity contribution >= 4 is 34.7 Å². The zero-order valence-corrected chi connectivity index (χ0v) is 13.1. The predicted octanol–water partition coefficient (Wildman–Crippen LogP) is 3.11. The van der Waals surface area contributed by atoms with E-state index in [1.807, 2.05) is 6.07 Å². The van der Waals surface area contributed by atoms with Gasteiger partial charge in [-0.3, -0.25) is 15.1 Å². The summed E-state index contributed by atoms with van der Waals surface area (Å²) in [5, 5.41) is 11.5. The van der Waals surface area contributed by atoms with Crippen LogP contribution in [0.25, 0.3) is 10.7 Å². The van der Waals surface area contributed by atoms with Gasteiger partial charge >= 0.3 is 6.09 Å². The first-order valence-corrected chi connectivity index (χ1v) is 7.69. The Hall–Kier alpha value is -3.26. The number of hydrogen-bond donors (Lipinski definition) is 3. The number of benzene rings is 1. The van der Waals surface area contributed by atoms with E-state index >= 15 is 0 Å². The summed E-state index contributed by atoms with van der Waals surface area (Å²) in [6.45, 7) is 0. The molecule has 0 unspecified atom stereocenters. The number of thiazole rings is 1. The number of carbonyl (C=O) groups is 2. The standard InChI is InChI=1S/C16H12N4O3S/c17-14-13(12(21)9-5-2-1-3-6-9)24-15(20-14)11-10(19-16(22)23)7-4-8-18-11/h1-8,19H,17H2,(H,22,23). The largest absolute Gasteiger partial charge is 0.465 e. The first-order valence-electron chi connectivity index (χ1n) is 6.87. The van der Waals surface area contributed by atoms with Crippen LogP contribution in [0.2, 0.25) is 0 Å². The van der Waals surface area contributed by atoms with Crippen LogP contribution in [0.5, 0.6) is 0 Å². The molecule has 8 heteroatoms. The van der Waals surface area contributed by atoms with Gasteiger partial charge < -0.3 is 10.8 Å². The zero-order chi connectivity index (χ0) is 17.1. The molecule has 3 rings (SSSR count). The molecule has 120 valence electrons. The average molecular weight is 340 g/mol. The zero-order valence-electron chi connectivity index (χ0n) is 12.3. The first-order chi connectivity index (χ1) is 11.6. The van der Waals surface area contributed by atoms with Crippen molar-refractivity contribution in [3.63, 3.8) is 0 Å². The summed E-state index contributed by atoms with van der Waals surface area (Å²) < 4.78 is 0. The number of ketones is 1. The highest BCUT2D eigenvalue weighted by Crippen LogP contribution is 2.33. The lowest BCUT2D eigenvalue weighted by atomic mass is 10.1. The van der Waals surface area contributed by atoms with Gasteiger partial charge in [-0.25, -0.2) is 9.78 Å². The molecule has 1 aromatic carbocycles. The van der Waals surface area contributed by atoms with Crippen molar-refractivity contribution in [2.45, 2.75) is 0 Å². The Morgan fingerprint density at radius 2 is 1.88 bits per heavy atom. The highest BCUT2D eigenvalue weighted by Gasteiger charge is 2.20. The smallest absolute Gasteiger partial charge is 0.409 e. The van der Waals surface area contributed by atoms with Crippen molar-refractivity contribution in [1.29, 1.82) is 0 Å². The molecule has 2 aromatic heterocycles. The van der Waals surface area contributed by atoms with Gasteiger partial charge in [0.2, 0.25) is 5.78 Å². The molecule has 0 aliphatic carbocycles. The van der Waals surface area contributed by atoms with Gasteiger partial charge in [0.25, 0.3) is 0 Å². The fraction of sp³-hybridized carbons (Fsp3) is 0. The molecular formula is C16H12N4O3S. The lowest BCUT2D eigenvalue weighted by molar-refractivity contribution is 0.104. The molecule has 3 aromatic rings. The lowest BCUT2D eigenvalue weighted by Crippen LogP contribution is -2.08. The highest BCUT2D eigenvalue weighted by atomic mass is 32.1. The Kier molecular flexibility index (Phi) is 4.21. The van der Waals surface area contributed by atoms with Gasteiger partial charge in [0, 0.05) is 11.8 Å². The van der Waals surface area contributed by atoms with E-state index in [0.717, 1.165) is 11.3 Å². The number of amides is 1. The third kappa shape index (κ3) is 3.08. The lowest BCUT2D eigenvalue weighted by Gasteiger charge is -2.04. The van der Waals surface area contributed by atoms with Crippen LogP contribution in [0, 0.1) is 0 Å². The number of carbonyl (C=O) groups excluding carboxylic acids is 1. The predicted molar refractivity (Wildman–Crippen MR) is 91.3 cm³/mol. The SMILES string of the molecule is Nc1nc(-c2ncccc2NC(=O)O)sc1C(=O)c1ccccc1. The molecule has 2 heterocycles. The summed E-state index contributed by atoms with van der Waals surface area (Å²) >= 11 is 1.08. The monoisotopic (exact) mass is 340 g/mol. The van der Waals surface area contributed by atoms with E-state index in [4.69, 9.17) is 10.8 Å². The van der Waals surface area contributed by atoms with Crippen LogP contribution in [-0.4, -0.2) is 27.0 Å². The summed E-state index contributed by atoms with van der Waals surface area (Å²) in [6, 6.07) is 11.9. The van der Waals surface area contributed by atoms with E-state index in [0.29, 0.717) is 21.1 Å². The number of rotatable bonds is 4. The number of nitrogens with zero attached hydrogens (tertiary/aromatic N) is 2. The molecule has 24 heavy (non-hydrogen) atoms. The third-order valence-corrected chi connectivity index (χ3v) is 4.22. The van der Waals surface area contributed by atoms with E-state index in [2.05, 4.69) is 15.3 Å². The molecular weight excluding hydrogens is 328 g/mol. The van der Waals surface area contributed by atoms with Gasteiger partial charge in [0.05, 0.1) is 5.69 Å². The van der Waals surface area contributed by atoms with Crippen LogP contribution in [0.3, 0.4) is 0 Å². The van der Waals surface area contributed by atoms with Gasteiger partial charge in [0.15, 0.2) is 0 Å². The summed E-state index contributed by atoms with van der Waals surface area (Å²) in [5.74, 6) is -0.142. The molecule has 0 saturated carbocycles. The van der Waals surface area contributed by atoms with Crippen molar-refractivity contribution in [1.82, 2.24) is 9.97 Å². The maximum atomic E-state index is 12.5. The molecule has 7 nitrogen and oxygen atoms in total. The second-order valence-electron chi connectivity index (χ2n) is 4.76. The minimum atomic E-state index is -1.21. The molecule has 1 amide bonds. The Bertz CT molecular complexity index is 909. The van der Waals surface area contributed by atoms with Crippen LogP contribution in [0.1, 0.15) is 15.2 Å². The number of carboxylic acid groups (broad SMARTS) is 1. The van der Waals surface area contributed by atoms with E-state index in [9.17, 15) is 9.59 Å². The molecule has 0 spiro atoms. The number of hydrogen-bond acceptors (Lipinski definition) is 6. The summed E-state index contributed by atoms with van der Waals surface area (Å²) in [6.07, 6.45) is 0.299. The summed E-state index contributed by atoms with van der Waals surface area (Å²) in [5.41, 5.74) is 6.98. The molecule has 0 saturated heterocycles. The minimum absolute atomic E-state index is 0.0933. The van der Waals surface area contributed by atoms with Crippen LogP contribution < -0.4 is 11.1 Å². The highest BCUT2D eigenvalue weighted by molar-refractivity contribution is 7.17. The van der Waals surface area contributed by atoms with Crippen molar-refractivity contribution in [2.24, 2.45) is 0 Å². The van der Waals surface area contributed by atoms with E-state index in [-0.39, 0.29) is 17.3 Å². The molecule has 0 radical (unpaired) electrons. The van der Waals surface area contributed by atoms with Gasteiger partial charge in [0.1, 0.15) is 21.4 Å². The van der Waals surface area contributed by atoms with Gasteiger partial charge in [-0.05, 0) is 12.1 Å². The molecule has 0 aliphatic rings. The normalized spacial score (nSPS) is 10.3. The number of pyridine rings is 1. The average Bonchev–Trinajstić information content (AvgIpc) is 2.96. The molecule has 0 aliphatic heterocycles. The Balaban J connectivity index is 2.01. The van der Waals surface area contributed by atoms with Crippen molar-refractivity contribution in [3.8, 4) is 10.7 Å². The van der Waals surface area contributed by atoms with Crippen LogP contribution in [0.4, 0.5) is 16.3 Å². The molecule has 0 atom stereocenters. The molecule has 0 fully saturated rings. The van der Waals surface area contributed by atoms with Gasteiger partial charge in [-0.2, -0.15) is 0 Å². The Labute approximate surface area is 140 Å². The number of anilines is 2. The molecule has 4 N–H and O–H groups in total. The fourth-order valence-electron chi connectivity index (χ4n) is 2.11. The topological polar surface area (TPSA) is 118 Å². The number of nitrogen functional groups attached to an aromatic ring is 1. The quantitative estimate of drug-likeness (QED) is 0.628. The van der Waals surface area contributed by atoms with Gasteiger partial charge in [-0.15, -0.1) is 11.3 Å². The minimum Gasteiger partial charge on any atom is -0.465 e. The fourth-order valence-corrected chi connectivity index (χ4v) is 3.07.